The molecule has 11 nitrogen and oxygen atoms in total. The fourth-order valence-corrected chi connectivity index (χ4v) is 9.06. The molecule has 0 saturated carbocycles. The smallest absolute Gasteiger partial charge is 0.252 e. The van der Waals surface area contributed by atoms with Crippen molar-refractivity contribution in [3.63, 3.8) is 0 Å². The highest BCUT2D eigenvalue weighted by Crippen LogP contribution is 2.39. The Morgan fingerprint density at radius 3 is 2.52 bits per heavy atom. The number of sulfonamides is 1. The maximum Gasteiger partial charge on any atom is 0.252 e. The Morgan fingerprint density at radius 1 is 1.07 bits per heavy atom. The molecule has 0 spiro atoms. The second-order valence-corrected chi connectivity index (χ2v) is 14.7. The van der Waals surface area contributed by atoms with Crippen molar-refractivity contribution in [3.05, 3.63) is 46.6 Å². The molecule has 222 valence electrons. The topological polar surface area (TPSA) is 130 Å². The number of nitrogens with zero attached hydrogens (tertiary/aromatic N) is 6. The molecule has 0 aromatic carbocycles. The van der Waals surface area contributed by atoms with Crippen molar-refractivity contribution in [2.45, 2.75) is 51.3 Å². The van der Waals surface area contributed by atoms with Gasteiger partial charge in [0.05, 0.1) is 32.0 Å². The number of rotatable bonds is 9. The predicted molar refractivity (Wildman–Crippen MR) is 165 cm³/mol. The summed E-state index contributed by atoms with van der Waals surface area (Å²) in [6, 6.07) is 5.33. The maximum absolute atomic E-state index is 13.4. The van der Waals surface area contributed by atoms with Gasteiger partial charge in [0.2, 0.25) is 0 Å². The summed E-state index contributed by atoms with van der Waals surface area (Å²) in [5.74, 6) is 2.96. The molecule has 1 N–H and O–H groups in total. The number of nitrogens with one attached hydrogen (secondary N) is 1. The lowest BCUT2D eigenvalue weighted by Crippen LogP contribution is -2.50. The summed E-state index contributed by atoms with van der Waals surface area (Å²) in [5.41, 5.74) is 4.52. The van der Waals surface area contributed by atoms with E-state index in [1.807, 2.05) is 26.8 Å². The van der Waals surface area contributed by atoms with E-state index in [1.165, 1.54) is 11.3 Å². The van der Waals surface area contributed by atoms with Crippen LogP contribution in [0, 0.1) is 20.8 Å². The number of aromatic nitrogens is 4. The van der Waals surface area contributed by atoms with E-state index in [1.54, 1.807) is 27.8 Å². The lowest BCUT2D eigenvalue weighted by Gasteiger charge is -2.35. The molecular formula is C28H33N7O4S3. The van der Waals surface area contributed by atoms with Crippen LogP contribution in [-0.4, -0.2) is 76.7 Å². The van der Waals surface area contributed by atoms with Crippen LogP contribution in [0.1, 0.15) is 36.8 Å². The van der Waals surface area contributed by atoms with Gasteiger partial charge >= 0.3 is 0 Å². The zero-order chi connectivity index (χ0) is 29.6. The molecule has 42 heavy (non-hydrogen) atoms. The molecular weight excluding hydrogens is 595 g/mol. The van der Waals surface area contributed by atoms with E-state index in [2.05, 4.69) is 39.8 Å². The maximum atomic E-state index is 13.4. The fraction of sp³-hybridized carbons (Fsp3) is 0.429. The molecule has 0 aliphatic carbocycles. The van der Waals surface area contributed by atoms with Crippen LogP contribution in [0.2, 0.25) is 0 Å². The molecule has 0 bridgehead atoms. The van der Waals surface area contributed by atoms with Gasteiger partial charge in [-0.3, -0.25) is 4.90 Å². The second-order valence-electron chi connectivity index (χ2n) is 10.6. The van der Waals surface area contributed by atoms with Crippen LogP contribution >= 0.6 is 22.7 Å². The first-order valence-corrected chi connectivity index (χ1v) is 17.0. The molecule has 1 saturated heterocycles. The Labute approximate surface area is 252 Å². The molecule has 6 rings (SSSR count). The van der Waals surface area contributed by atoms with E-state index >= 15 is 0 Å². The van der Waals surface area contributed by atoms with E-state index in [0.29, 0.717) is 36.1 Å². The highest BCUT2D eigenvalue weighted by Gasteiger charge is 2.31. The molecule has 0 radical (unpaired) electrons. The molecule has 1 aliphatic heterocycles. The van der Waals surface area contributed by atoms with Gasteiger partial charge in [0.1, 0.15) is 21.6 Å². The molecule has 0 amide bonds. The van der Waals surface area contributed by atoms with E-state index < -0.39 is 10.0 Å². The molecule has 0 unspecified atom stereocenters. The van der Waals surface area contributed by atoms with Crippen molar-refractivity contribution < 1.29 is 17.5 Å². The first-order valence-electron chi connectivity index (χ1n) is 13.9. The average Bonchev–Trinajstić information content (AvgIpc) is 3.76. The Bertz CT molecular complexity index is 1810. The normalized spacial score (nSPS) is 15.9. The summed E-state index contributed by atoms with van der Waals surface area (Å²) in [6.45, 7) is 12.8. The van der Waals surface area contributed by atoms with E-state index in [0.717, 1.165) is 68.0 Å². The van der Waals surface area contributed by atoms with Crippen LogP contribution < -0.4 is 5.32 Å². The fourth-order valence-electron chi connectivity index (χ4n) is 5.28. The molecule has 6 heterocycles. The van der Waals surface area contributed by atoms with Gasteiger partial charge in [-0.25, -0.2) is 18.4 Å². The van der Waals surface area contributed by atoms with Gasteiger partial charge in [0.15, 0.2) is 5.76 Å². The Hall–Kier alpha value is -3.17. The summed E-state index contributed by atoms with van der Waals surface area (Å²) >= 11 is 2.83. The third kappa shape index (κ3) is 5.49. The van der Waals surface area contributed by atoms with Gasteiger partial charge in [0.25, 0.3) is 10.0 Å². The molecule has 5 aromatic rings. The Kier molecular flexibility index (Phi) is 7.91. The number of hydrogen-bond acceptors (Lipinski definition) is 12. The van der Waals surface area contributed by atoms with Crippen LogP contribution in [-0.2, 0) is 16.4 Å². The average molecular weight is 628 g/mol. The highest BCUT2D eigenvalue weighted by atomic mass is 32.2. The molecule has 1 fully saturated rings. The highest BCUT2D eigenvalue weighted by molar-refractivity contribution is 7.91. The van der Waals surface area contributed by atoms with E-state index in [-0.39, 0.29) is 6.04 Å². The third-order valence-corrected chi connectivity index (χ3v) is 11.8. The zero-order valence-electron chi connectivity index (χ0n) is 24.2. The molecule has 14 heteroatoms. The lowest BCUT2D eigenvalue weighted by atomic mass is 10.1. The first-order chi connectivity index (χ1) is 20.1. The molecule has 1 aliphatic rings. The van der Waals surface area contributed by atoms with E-state index in [9.17, 15) is 8.42 Å². The second kappa shape index (κ2) is 11.5. The lowest BCUT2D eigenvalue weighted by molar-refractivity contribution is 0.184. The van der Waals surface area contributed by atoms with Crippen LogP contribution in [0.25, 0.3) is 32.0 Å². The number of fused-ring (bicyclic) bond motifs is 1. The number of anilines is 1. The van der Waals surface area contributed by atoms with Crippen LogP contribution in [0.3, 0.4) is 0 Å². The van der Waals surface area contributed by atoms with Crippen molar-refractivity contribution in [1.29, 1.82) is 0 Å². The number of aryl methyl sites for hydroxylation is 4. The molecule has 1 atom stereocenters. The van der Waals surface area contributed by atoms with Gasteiger partial charge in [-0.1, -0.05) is 17.2 Å². The van der Waals surface area contributed by atoms with Gasteiger partial charge in [-0.15, -0.1) is 22.7 Å². The zero-order valence-corrected chi connectivity index (χ0v) is 26.6. The van der Waals surface area contributed by atoms with E-state index in [4.69, 9.17) is 19.0 Å². The predicted octanol–water partition coefficient (Wildman–Crippen LogP) is 5.36. The van der Waals surface area contributed by atoms with Gasteiger partial charge in [-0.2, -0.15) is 4.31 Å². The number of thiophene rings is 2. The summed E-state index contributed by atoms with van der Waals surface area (Å²) in [7, 11) is -3.58. The Morgan fingerprint density at radius 2 is 1.86 bits per heavy atom. The van der Waals surface area contributed by atoms with Crippen molar-refractivity contribution in [2.75, 3.05) is 38.0 Å². The van der Waals surface area contributed by atoms with Crippen molar-refractivity contribution in [1.82, 2.24) is 29.5 Å². The van der Waals surface area contributed by atoms with Crippen molar-refractivity contribution in [3.8, 4) is 21.8 Å². The van der Waals surface area contributed by atoms with Crippen LogP contribution in [0.15, 0.2) is 36.8 Å². The summed E-state index contributed by atoms with van der Waals surface area (Å²) in [5, 5.41) is 13.7. The molecule has 5 aromatic heterocycles. The first kappa shape index (κ1) is 28.9. The quantitative estimate of drug-likeness (QED) is 0.228. The van der Waals surface area contributed by atoms with Crippen molar-refractivity contribution in [2.24, 2.45) is 0 Å². The van der Waals surface area contributed by atoms with Gasteiger partial charge < -0.3 is 14.4 Å². The van der Waals surface area contributed by atoms with Crippen molar-refractivity contribution >= 4 is 48.7 Å². The van der Waals surface area contributed by atoms with Gasteiger partial charge in [-0.05, 0) is 39.8 Å². The SMILES string of the molecule is CCc1nc(N[C@@H](C)CN2CCN(S(=O)(=O)c3ccc(-c4cc(C)no4)s3)CC2)c2scc(-c3c(C)noc3C)c2n1. The monoisotopic (exact) mass is 627 g/mol. The summed E-state index contributed by atoms with van der Waals surface area (Å²) < 4.78 is 40.3. The minimum absolute atomic E-state index is 0.0887. The number of hydrogen-bond donors (Lipinski definition) is 1. The minimum Gasteiger partial charge on any atom is -0.365 e. The summed E-state index contributed by atoms with van der Waals surface area (Å²) in [4.78, 5) is 12.7. The van der Waals surface area contributed by atoms with Crippen LogP contribution in [0.4, 0.5) is 5.82 Å². The Balaban J connectivity index is 1.11. The third-order valence-electron chi connectivity index (χ3n) is 7.37. The van der Waals surface area contributed by atoms with Gasteiger partial charge in [0, 0.05) is 62.2 Å². The summed E-state index contributed by atoms with van der Waals surface area (Å²) in [6.07, 6.45) is 0.718. The van der Waals surface area contributed by atoms with Crippen LogP contribution in [0.5, 0.6) is 0 Å². The largest absolute Gasteiger partial charge is 0.365 e. The number of piperazine rings is 1. The minimum atomic E-state index is -3.58. The standard InChI is InChI=1S/C28H33N7O4S3/c1-6-23-30-26-20(25-18(4)33-38-19(25)5)15-40-27(26)28(31-23)29-17(3)14-34-9-11-35(12-10-34)42(36,37)24-8-7-22(41-24)21-13-16(2)32-39-21/h7-8,13,15,17H,6,9-12,14H2,1-5H3,(H,29,30,31)/t17-/m0/s1.